The first kappa shape index (κ1) is 12.0. The Morgan fingerprint density at radius 3 is 2.80 bits per heavy atom. The molecule has 0 aromatic rings. The fourth-order valence-corrected chi connectivity index (χ4v) is 1.69. The van der Waals surface area contributed by atoms with Gasteiger partial charge in [0.2, 0.25) is 5.91 Å². The summed E-state index contributed by atoms with van der Waals surface area (Å²) in [5, 5.41) is 5.85. The van der Waals surface area contributed by atoms with E-state index in [0.717, 1.165) is 13.0 Å². The molecule has 5 nitrogen and oxygen atoms in total. The quantitative estimate of drug-likeness (QED) is 0.628. The Hall–Kier alpha value is -1.10. The molecule has 0 aromatic heterocycles. The van der Waals surface area contributed by atoms with Gasteiger partial charge in [-0.15, -0.1) is 0 Å². The maximum absolute atomic E-state index is 11.6. The summed E-state index contributed by atoms with van der Waals surface area (Å²) in [6.45, 7) is 3.28. The third kappa shape index (κ3) is 3.51. The highest BCUT2D eigenvalue weighted by atomic mass is 16.5. The first-order valence-corrected chi connectivity index (χ1v) is 5.23. The molecule has 1 heterocycles. The van der Waals surface area contributed by atoms with Gasteiger partial charge in [0.1, 0.15) is 0 Å². The summed E-state index contributed by atoms with van der Waals surface area (Å²) in [5.74, 6) is 0.0368. The molecular formula is C10H18N2O3. The number of amides is 1. The zero-order valence-electron chi connectivity index (χ0n) is 9.21. The van der Waals surface area contributed by atoms with Gasteiger partial charge < -0.3 is 15.4 Å². The molecule has 1 rings (SSSR count). The van der Waals surface area contributed by atoms with Gasteiger partial charge in [0.15, 0.2) is 0 Å². The number of esters is 1. The van der Waals surface area contributed by atoms with Gasteiger partial charge in [-0.25, -0.2) is 0 Å². The van der Waals surface area contributed by atoms with E-state index in [1.165, 1.54) is 7.11 Å². The minimum absolute atomic E-state index is 0.0242. The molecule has 1 amide bonds. The second-order valence-electron chi connectivity index (χ2n) is 3.81. The zero-order chi connectivity index (χ0) is 11.3. The van der Waals surface area contributed by atoms with Gasteiger partial charge in [0.25, 0.3) is 0 Å². The van der Waals surface area contributed by atoms with Crippen LogP contribution in [0.3, 0.4) is 0 Å². The highest BCUT2D eigenvalue weighted by Crippen LogP contribution is 2.13. The molecule has 2 unspecified atom stereocenters. The number of rotatable bonds is 4. The van der Waals surface area contributed by atoms with Gasteiger partial charge in [0.05, 0.1) is 19.6 Å². The molecule has 15 heavy (non-hydrogen) atoms. The lowest BCUT2D eigenvalue weighted by Gasteiger charge is -2.14. The van der Waals surface area contributed by atoms with Crippen molar-refractivity contribution in [1.82, 2.24) is 10.6 Å². The van der Waals surface area contributed by atoms with Crippen LogP contribution in [-0.2, 0) is 14.3 Å². The molecular weight excluding hydrogens is 196 g/mol. The predicted octanol–water partition coefficient (Wildman–Crippen LogP) is -0.336. The average molecular weight is 214 g/mol. The Kier molecular flexibility index (Phi) is 4.55. The Balaban J connectivity index is 2.21. The number of hydrogen-bond donors (Lipinski definition) is 2. The Morgan fingerprint density at radius 2 is 2.27 bits per heavy atom. The summed E-state index contributed by atoms with van der Waals surface area (Å²) in [6.07, 6.45) is 1.25. The van der Waals surface area contributed by atoms with Crippen LogP contribution >= 0.6 is 0 Å². The van der Waals surface area contributed by atoms with Crippen LogP contribution in [0.1, 0.15) is 19.8 Å². The fraction of sp³-hybridized carbons (Fsp3) is 0.800. The van der Waals surface area contributed by atoms with Gasteiger partial charge in [-0.1, -0.05) is 6.92 Å². The van der Waals surface area contributed by atoms with Crippen molar-refractivity contribution in [2.75, 3.05) is 20.2 Å². The third-order valence-electron chi connectivity index (χ3n) is 2.67. The second kappa shape index (κ2) is 5.70. The first-order valence-electron chi connectivity index (χ1n) is 5.23. The maximum atomic E-state index is 11.6. The van der Waals surface area contributed by atoms with Crippen LogP contribution in [0.2, 0.25) is 0 Å². The van der Waals surface area contributed by atoms with Crippen LogP contribution in [0.5, 0.6) is 0 Å². The number of methoxy groups -OCH3 is 1. The molecule has 1 fully saturated rings. The van der Waals surface area contributed by atoms with E-state index in [1.54, 1.807) is 0 Å². The maximum Gasteiger partial charge on any atom is 0.307 e. The molecule has 0 aromatic carbocycles. The summed E-state index contributed by atoms with van der Waals surface area (Å²) in [4.78, 5) is 22.4. The van der Waals surface area contributed by atoms with E-state index in [0.29, 0.717) is 12.5 Å². The molecule has 0 saturated carbocycles. The standard InChI is InChI=1S/C10H18N2O3/c1-7-3-5-11-9(7)10(14)12-6-4-8(13)15-2/h7,9,11H,3-6H2,1-2H3,(H,12,14). The lowest BCUT2D eigenvalue weighted by molar-refractivity contribution is -0.140. The lowest BCUT2D eigenvalue weighted by atomic mass is 10.0. The minimum atomic E-state index is -0.303. The van der Waals surface area contributed by atoms with Crippen molar-refractivity contribution in [2.45, 2.75) is 25.8 Å². The highest BCUT2D eigenvalue weighted by Gasteiger charge is 2.28. The van der Waals surface area contributed by atoms with E-state index in [9.17, 15) is 9.59 Å². The van der Waals surface area contributed by atoms with E-state index in [1.807, 2.05) is 6.92 Å². The van der Waals surface area contributed by atoms with E-state index in [-0.39, 0.29) is 24.3 Å². The van der Waals surface area contributed by atoms with Gasteiger partial charge in [0, 0.05) is 6.54 Å². The molecule has 1 aliphatic rings. The molecule has 0 bridgehead atoms. The third-order valence-corrected chi connectivity index (χ3v) is 2.67. The Labute approximate surface area is 89.6 Å². The van der Waals surface area contributed by atoms with Crippen molar-refractivity contribution in [2.24, 2.45) is 5.92 Å². The topological polar surface area (TPSA) is 67.4 Å². The van der Waals surface area contributed by atoms with E-state index >= 15 is 0 Å². The summed E-state index contributed by atoms with van der Waals surface area (Å²) in [7, 11) is 1.34. The normalized spacial score (nSPS) is 24.9. The largest absolute Gasteiger partial charge is 0.469 e. The molecule has 0 aliphatic carbocycles. The molecule has 5 heteroatoms. The monoisotopic (exact) mass is 214 g/mol. The van der Waals surface area contributed by atoms with E-state index in [2.05, 4.69) is 15.4 Å². The smallest absolute Gasteiger partial charge is 0.307 e. The molecule has 2 atom stereocenters. The number of carbonyl (C=O) groups excluding carboxylic acids is 2. The average Bonchev–Trinajstić information content (AvgIpc) is 2.64. The number of nitrogens with one attached hydrogen (secondary N) is 2. The summed E-state index contributed by atoms with van der Waals surface area (Å²) >= 11 is 0. The van der Waals surface area contributed by atoms with E-state index < -0.39 is 0 Å². The van der Waals surface area contributed by atoms with Crippen LogP contribution in [0.25, 0.3) is 0 Å². The van der Waals surface area contributed by atoms with Gasteiger partial charge >= 0.3 is 5.97 Å². The number of ether oxygens (including phenoxy) is 1. The summed E-state index contributed by atoms with van der Waals surface area (Å²) in [5.41, 5.74) is 0. The minimum Gasteiger partial charge on any atom is -0.469 e. The van der Waals surface area contributed by atoms with Crippen LogP contribution in [-0.4, -0.2) is 38.1 Å². The van der Waals surface area contributed by atoms with Crippen LogP contribution in [0.4, 0.5) is 0 Å². The zero-order valence-corrected chi connectivity index (χ0v) is 9.21. The molecule has 1 aliphatic heterocycles. The molecule has 2 N–H and O–H groups in total. The SMILES string of the molecule is COC(=O)CCNC(=O)C1NCCC1C. The van der Waals surface area contributed by atoms with Crippen LogP contribution < -0.4 is 10.6 Å². The van der Waals surface area contributed by atoms with Crippen molar-refractivity contribution >= 4 is 11.9 Å². The summed E-state index contributed by atoms with van der Waals surface area (Å²) < 4.78 is 4.47. The molecule has 86 valence electrons. The van der Waals surface area contributed by atoms with E-state index in [4.69, 9.17) is 0 Å². The Bertz CT molecular complexity index is 243. The van der Waals surface area contributed by atoms with Crippen molar-refractivity contribution < 1.29 is 14.3 Å². The van der Waals surface area contributed by atoms with Crippen LogP contribution in [0.15, 0.2) is 0 Å². The molecule has 0 radical (unpaired) electrons. The highest BCUT2D eigenvalue weighted by molar-refractivity contribution is 5.82. The Morgan fingerprint density at radius 1 is 1.53 bits per heavy atom. The van der Waals surface area contributed by atoms with Gasteiger partial charge in [-0.2, -0.15) is 0 Å². The second-order valence-corrected chi connectivity index (χ2v) is 3.81. The van der Waals surface area contributed by atoms with Crippen LogP contribution in [0, 0.1) is 5.92 Å². The van der Waals surface area contributed by atoms with Gasteiger partial charge in [-0.05, 0) is 18.9 Å². The van der Waals surface area contributed by atoms with Crippen molar-refractivity contribution in [1.29, 1.82) is 0 Å². The van der Waals surface area contributed by atoms with Crippen molar-refractivity contribution in [3.05, 3.63) is 0 Å². The first-order chi connectivity index (χ1) is 7.15. The predicted molar refractivity (Wildman–Crippen MR) is 55.2 cm³/mol. The summed E-state index contributed by atoms with van der Waals surface area (Å²) in [6, 6.07) is -0.109. The number of carbonyl (C=O) groups is 2. The van der Waals surface area contributed by atoms with Crippen molar-refractivity contribution in [3.8, 4) is 0 Å². The van der Waals surface area contributed by atoms with Gasteiger partial charge in [-0.3, -0.25) is 9.59 Å². The fourth-order valence-electron chi connectivity index (χ4n) is 1.69. The molecule has 1 saturated heterocycles. The lowest BCUT2D eigenvalue weighted by Crippen LogP contribution is -2.43. The van der Waals surface area contributed by atoms with Crippen molar-refractivity contribution in [3.63, 3.8) is 0 Å². The molecule has 0 spiro atoms. The number of hydrogen-bond acceptors (Lipinski definition) is 4.